The number of esters is 1. The van der Waals surface area contributed by atoms with Crippen molar-refractivity contribution in [2.75, 3.05) is 13.7 Å². The van der Waals surface area contributed by atoms with Crippen LogP contribution in [0.4, 0.5) is 26.3 Å². The first-order chi connectivity index (χ1) is 6.61. The van der Waals surface area contributed by atoms with Crippen LogP contribution >= 0.6 is 0 Å². The highest BCUT2D eigenvalue weighted by atomic mass is 19.4. The Balaban J connectivity index is 4.35. The molecule has 0 aromatic heterocycles. The molecule has 9 heteroatoms. The van der Waals surface area contributed by atoms with Crippen LogP contribution in [0, 0.1) is 0 Å². The second-order valence-corrected chi connectivity index (χ2v) is 2.33. The lowest BCUT2D eigenvalue weighted by molar-refractivity contribution is -0.334. The maximum atomic E-state index is 12.3. The summed E-state index contributed by atoms with van der Waals surface area (Å²) in [6, 6.07) is 0. The summed E-state index contributed by atoms with van der Waals surface area (Å²) >= 11 is 0. The van der Waals surface area contributed by atoms with Gasteiger partial charge in [-0.15, -0.1) is 0 Å². The van der Waals surface area contributed by atoms with Crippen molar-refractivity contribution < 1.29 is 40.6 Å². The van der Waals surface area contributed by atoms with Gasteiger partial charge in [0.05, 0.1) is 7.11 Å². The third-order valence-corrected chi connectivity index (χ3v) is 1.19. The van der Waals surface area contributed by atoms with Crippen LogP contribution in [0.3, 0.4) is 0 Å². The Labute approximate surface area is 79.9 Å². The molecule has 0 N–H and O–H groups in total. The summed E-state index contributed by atoms with van der Waals surface area (Å²) < 4.78 is 78.1. The van der Waals surface area contributed by atoms with E-state index in [1.165, 1.54) is 0 Å². The minimum absolute atomic E-state index is 0.806. The molecule has 0 saturated heterocycles. The van der Waals surface area contributed by atoms with Gasteiger partial charge in [0.15, 0.2) is 6.61 Å². The Morgan fingerprint density at radius 3 is 2.07 bits per heavy atom. The van der Waals surface area contributed by atoms with E-state index in [-0.39, 0.29) is 0 Å². The second kappa shape index (κ2) is 4.69. The number of hydrogen-bond donors (Lipinski definition) is 0. The van der Waals surface area contributed by atoms with Crippen molar-refractivity contribution in [3.63, 3.8) is 0 Å². The van der Waals surface area contributed by atoms with Gasteiger partial charge in [0.2, 0.25) is 0 Å². The van der Waals surface area contributed by atoms with Crippen LogP contribution in [0.15, 0.2) is 0 Å². The molecule has 3 nitrogen and oxygen atoms in total. The third-order valence-electron chi connectivity index (χ3n) is 1.19. The lowest BCUT2D eigenvalue weighted by Gasteiger charge is -2.21. The van der Waals surface area contributed by atoms with Crippen LogP contribution in [0.2, 0.25) is 0 Å². The lowest BCUT2D eigenvalue weighted by atomic mass is 10.3. The van der Waals surface area contributed by atoms with Crippen molar-refractivity contribution in [3.05, 3.63) is 0 Å². The van der Waals surface area contributed by atoms with Gasteiger partial charge in [0.25, 0.3) is 6.17 Å². The largest absolute Gasteiger partial charge is 0.467 e. The van der Waals surface area contributed by atoms with Crippen LogP contribution in [-0.2, 0) is 14.3 Å². The van der Waals surface area contributed by atoms with Crippen LogP contribution in [0.5, 0.6) is 0 Å². The molecule has 0 spiro atoms. The number of rotatable bonds is 4. The van der Waals surface area contributed by atoms with E-state index < -0.39 is 31.0 Å². The molecule has 0 aliphatic heterocycles. The predicted octanol–water partition coefficient (Wildman–Crippen LogP) is 1.67. The molecule has 1 unspecified atom stereocenters. The van der Waals surface area contributed by atoms with Gasteiger partial charge in [-0.1, -0.05) is 0 Å². The minimum atomic E-state index is -5.76. The molecule has 0 heterocycles. The molecule has 0 rings (SSSR count). The summed E-state index contributed by atoms with van der Waals surface area (Å²) in [6.45, 7) is -1.47. The van der Waals surface area contributed by atoms with Gasteiger partial charge in [-0.05, 0) is 0 Å². The first kappa shape index (κ1) is 14.0. The quantitative estimate of drug-likeness (QED) is 0.553. The van der Waals surface area contributed by atoms with Crippen LogP contribution in [-0.4, -0.2) is 38.1 Å². The third kappa shape index (κ3) is 4.36. The van der Waals surface area contributed by atoms with E-state index in [4.69, 9.17) is 0 Å². The first-order valence-corrected chi connectivity index (χ1v) is 3.40. The average molecular weight is 240 g/mol. The first-order valence-electron chi connectivity index (χ1n) is 3.40. The summed E-state index contributed by atoms with van der Waals surface area (Å²) in [5, 5.41) is 0. The van der Waals surface area contributed by atoms with Crippen molar-refractivity contribution in [2.24, 2.45) is 0 Å². The van der Waals surface area contributed by atoms with Gasteiger partial charge in [-0.25, -0.2) is 9.18 Å². The second-order valence-electron chi connectivity index (χ2n) is 2.33. The van der Waals surface area contributed by atoms with E-state index in [1.54, 1.807) is 0 Å². The number of methoxy groups -OCH3 is 1. The van der Waals surface area contributed by atoms with Crippen molar-refractivity contribution in [1.82, 2.24) is 0 Å². The van der Waals surface area contributed by atoms with Gasteiger partial charge in [-0.3, -0.25) is 0 Å². The Morgan fingerprint density at radius 2 is 1.73 bits per heavy atom. The average Bonchev–Trinajstić information content (AvgIpc) is 2.11. The van der Waals surface area contributed by atoms with E-state index in [9.17, 15) is 31.1 Å². The highest BCUT2D eigenvalue weighted by Gasteiger charge is 2.58. The molecule has 0 aliphatic carbocycles. The minimum Gasteiger partial charge on any atom is -0.467 e. The zero-order valence-corrected chi connectivity index (χ0v) is 7.28. The van der Waals surface area contributed by atoms with Crippen molar-refractivity contribution in [3.8, 4) is 0 Å². The summed E-state index contributed by atoms with van der Waals surface area (Å²) in [5.74, 6) is -1.34. The molecule has 0 amide bonds. The van der Waals surface area contributed by atoms with Gasteiger partial charge < -0.3 is 9.47 Å². The Hall–Kier alpha value is -0.990. The molecule has 0 radical (unpaired) electrons. The van der Waals surface area contributed by atoms with Crippen LogP contribution in [0.25, 0.3) is 0 Å². The van der Waals surface area contributed by atoms with E-state index >= 15 is 0 Å². The smallest absolute Gasteiger partial charge is 0.428 e. The molecule has 15 heavy (non-hydrogen) atoms. The number of carbonyl (C=O) groups excluding carboxylic acids is 1. The zero-order chi connectivity index (χ0) is 12.3. The molecule has 1 atom stereocenters. The van der Waals surface area contributed by atoms with Crippen LogP contribution in [0.1, 0.15) is 0 Å². The topological polar surface area (TPSA) is 35.5 Å². The lowest BCUT2D eigenvalue weighted by Crippen LogP contribution is -2.44. The summed E-state index contributed by atoms with van der Waals surface area (Å²) in [4.78, 5) is 10.2. The van der Waals surface area contributed by atoms with E-state index in [0.29, 0.717) is 0 Å². The summed E-state index contributed by atoms with van der Waals surface area (Å²) in [6.07, 6.45) is -15.4. The Kier molecular flexibility index (Phi) is 4.38. The van der Waals surface area contributed by atoms with Gasteiger partial charge in [0, 0.05) is 0 Å². The van der Waals surface area contributed by atoms with Crippen LogP contribution < -0.4 is 0 Å². The maximum absolute atomic E-state index is 12.3. The Morgan fingerprint density at radius 1 is 1.27 bits per heavy atom. The fourth-order valence-electron chi connectivity index (χ4n) is 0.478. The zero-order valence-electron chi connectivity index (χ0n) is 7.28. The molecule has 0 bridgehead atoms. The molecule has 0 aromatic carbocycles. The number of hydrogen-bond acceptors (Lipinski definition) is 3. The van der Waals surface area contributed by atoms with Gasteiger partial charge >= 0.3 is 18.3 Å². The highest BCUT2D eigenvalue weighted by molar-refractivity contribution is 5.70. The van der Waals surface area contributed by atoms with Crippen molar-refractivity contribution in [1.29, 1.82) is 0 Å². The monoisotopic (exact) mass is 240 g/mol. The maximum Gasteiger partial charge on any atom is 0.428 e. The van der Waals surface area contributed by atoms with Crippen molar-refractivity contribution >= 4 is 5.97 Å². The molecular weight excluding hydrogens is 234 g/mol. The SMILES string of the molecule is COC(=O)COC(F)(F)C(F)C(F)(F)F. The summed E-state index contributed by atoms with van der Waals surface area (Å²) in [7, 11) is 0.806. The van der Waals surface area contributed by atoms with E-state index in [1.807, 2.05) is 0 Å². The number of alkyl halides is 6. The fraction of sp³-hybridized carbons (Fsp3) is 0.833. The van der Waals surface area contributed by atoms with E-state index in [0.717, 1.165) is 7.11 Å². The fourth-order valence-corrected chi connectivity index (χ4v) is 0.478. The predicted molar refractivity (Wildman–Crippen MR) is 33.9 cm³/mol. The highest BCUT2D eigenvalue weighted by Crippen LogP contribution is 2.35. The van der Waals surface area contributed by atoms with Gasteiger partial charge in [0.1, 0.15) is 0 Å². The molecular formula is C6H6F6O3. The number of ether oxygens (including phenoxy) is 2. The van der Waals surface area contributed by atoms with E-state index in [2.05, 4.69) is 9.47 Å². The standard InChI is InChI=1S/C6H6F6O3/c1-14-3(13)2-15-6(11,12)4(7)5(8,9)10/h4H,2H2,1H3. The van der Waals surface area contributed by atoms with Gasteiger partial charge in [-0.2, -0.15) is 22.0 Å². The normalized spacial score (nSPS) is 14.9. The Bertz CT molecular complexity index is 225. The van der Waals surface area contributed by atoms with Crippen molar-refractivity contribution in [2.45, 2.75) is 18.5 Å². The molecule has 0 aliphatic rings. The molecule has 0 saturated carbocycles. The number of halogens is 6. The molecule has 90 valence electrons. The molecule has 0 aromatic rings. The summed E-state index contributed by atoms with van der Waals surface area (Å²) in [5.41, 5.74) is 0. The number of carbonyl (C=O) groups is 1. The molecule has 0 fully saturated rings.